The Bertz CT molecular complexity index is 1180. The van der Waals surface area contributed by atoms with Crippen LogP contribution >= 0.6 is 11.8 Å². The zero-order valence-corrected chi connectivity index (χ0v) is 17.2. The molecule has 2 aromatic carbocycles. The van der Waals surface area contributed by atoms with Gasteiger partial charge in [0, 0.05) is 23.3 Å². The van der Waals surface area contributed by atoms with Crippen molar-refractivity contribution in [1.82, 2.24) is 20.4 Å². The molecule has 2 heterocycles. The van der Waals surface area contributed by atoms with Crippen molar-refractivity contribution in [2.45, 2.75) is 31.2 Å². The van der Waals surface area contributed by atoms with Crippen LogP contribution in [0.25, 0.3) is 22.9 Å². The minimum atomic E-state index is -0.460. The van der Waals surface area contributed by atoms with E-state index in [1.807, 2.05) is 32.9 Å². The molecule has 2 aromatic heterocycles. The molecule has 0 unspecified atom stereocenters. The summed E-state index contributed by atoms with van der Waals surface area (Å²) in [6.07, 6.45) is 0. The van der Waals surface area contributed by atoms with Crippen molar-refractivity contribution in [3.63, 3.8) is 0 Å². The van der Waals surface area contributed by atoms with E-state index in [0.717, 1.165) is 16.7 Å². The average Bonchev–Trinajstić information content (AvgIpc) is 3.37. The van der Waals surface area contributed by atoms with Crippen molar-refractivity contribution < 1.29 is 13.8 Å². The van der Waals surface area contributed by atoms with E-state index in [2.05, 4.69) is 26.5 Å². The van der Waals surface area contributed by atoms with Gasteiger partial charge in [-0.2, -0.15) is 0 Å². The summed E-state index contributed by atoms with van der Waals surface area (Å²) in [5, 5.41) is 27.3. The second-order valence-corrected chi connectivity index (χ2v) is 8.05. The minimum Gasteiger partial charge on any atom is -0.419 e. The van der Waals surface area contributed by atoms with Crippen LogP contribution in [0.5, 0.6) is 0 Å². The van der Waals surface area contributed by atoms with Gasteiger partial charge < -0.3 is 8.83 Å². The third kappa shape index (κ3) is 4.23. The van der Waals surface area contributed by atoms with Crippen molar-refractivity contribution >= 4 is 17.4 Å². The first kappa shape index (κ1) is 19.8. The van der Waals surface area contributed by atoms with Crippen molar-refractivity contribution in [3.8, 4) is 22.9 Å². The van der Waals surface area contributed by atoms with Crippen LogP contribution in [0.4, 0.5) is 5.69 Å². The molecule has 0 radical (unpaired) electrons. The molecule has 1 atom stereocenters. The van der Waals surface area contributed by atoms with Crippen LogP contribution in [0, 0.1) is 24.0 Å². The third-order valence-electron chi connectivity index (χ3n) is 4.27. The van der Waals surface area contributed by atoms with Gasteiger partial charge in [-0.3, -0.25) is 10.1 Å². The van der Waals surface area contributed by atoms with Gasteiger partial charge in [-0.15, -0.1) is 20.4 Å². The topological polar surface area (TPSA) is 121 Å². The maximum absolute atomic E-state index is 10.8. The van der Waals surface area contributed by atoms with Crippen LogP contribution in [-0.4, -0.2) is 25.3 Å². The van der Waals surface area contributed by atoms with Crippen LogP contribution in [0.3, 0.4) is 0 Å². The number of hydrogen-bond acceptors (Lipinski definition) is 9. The largest absolute Gasteiger partial charge is 0.419 e. The maximum Gasteiger partial charge on any atom is 0.277 e. The van der Waals surface area contributed by atoms with Crippen LogP contribution in [0.2, 0.25) is 0 Å². The van der Waals surface area contributed by atoms with Gasteiger partial charge in [0.2, 0.25) is 17.7 Å². The zero-order chi connectivity index (χ0) is 21.3. The molecule has 0 spiro atoms. The standard InChI is InChI=1S/C20H17N5O4S/c1-11-8-12(2)10-15(9-11)19-23-24-20(29-19)30-13(3)17-21-22-18(28-17)14-4-6-16(7-5-14)25(26)27/h4-10,13H,1-3H3/t13-/m1/s1. The first-order valence-electron chi connectivity index (χ1n) is 9.06. The third-order valence-corrected chi connectivity index (χ3v) is 5.19. The number of aryl methyl sites for hydroxylation is 2. The summed E-state index contributed by atoms with van der Waals surface area (Å²) < 4.78 is 11.5. The summed E-state index contributed by atoms with van der Waals surface area (Å²) >= 11 is 1.31. The van der Waals surface area contributed by atoms with Crippen LogP contribution in [0.15, 0.2) is 56.5 Å². The van der Waals surface area contributed by atoms with Gasteiger partial charge in [-0.25, -0.2) is 0 Å². The summed E-state index contributed by atoms with van der Waals surface area (Å²) in [4.78, 5) is 10.3. The lowest BCUT2D eigenvalue weighted by atomic mass is 10.1. The van der Waals surface area contributed by atoms with Gasteiger partial charge in [0.05, 0.1) is 10.2 Å². The monoisotopic (exact) mass is 423 g/mol. The first-order chi connectivity index (χ1) is 14.4. The van der Waals surface area contributed by atoms with E-state index in [-0.39, 0.29) is 16.8 Å². The molecule has 0 amide bonds. The number of nitro groups is 1. The Morgan fingerprint density at radius 2 is 1.53 bits per heavy atom. The van der Waals surface area contributed by atoms with Gasteiger partial charge in [0.15, 0.2) is 0 Å². The van der Waals surface area contributed by atoms with Crippen molar-refractivity contribution in [2.75, 3.05) is 0 Å². The van der Waals surface area contributed by atoms with E-state index in [0.29, 0.717) is 22.6 Å². The molecular formula is C20H17N5O4S. The van der Waals surface area contributed by atoms with Gasteiger partial charge in [-0.1, -0.05) is 29.0 Å². The highest BCUT2D eigenvalue weighted by Gasteiger charge is 2.20. The Morgan fingerprint density at radius 3 is 2.20 bits per heavy atom. The number of benzene rings is 2. The molecule has 30 heavy (non-hydrogen) atoms. The molecule has 152 valence electrons. The van der Waals surface area contributed by atoms with Crippen LogP contribution < -0.4 is 0 Å². The van der Waals surface area contributed by atoms with Crippen LogP contribution in [0.1, 0.15) is 29.2 Å². The second kappa shape index (κ2) is 8.07. The number of nitro benzene ring substituents is 1. The molecule has 0 saturated carbocycles. The Hall–Kier alpha value is -3.53. The molecule has 0 bridgehead atoms. The number of non-ortho nitro benzene ring substituents is 1. The molecule has 0 N–H and O–H groups in total. The Labute approximate surface area is 175 Å². The van der Waals surface area contributed by atoms with E-state index in [1.54, 1.807) is 12.1 Å². The first-order valence-corrected chi connectivity index (χ1v) is 9.94. The van der Waals surface area contributed by atoms with Gasteiger partial charge in [0.25, 0.3) is 10.9 Å². The lowest BCUT2D eigenvalue weighted by Gasteiger charge is -2.02. The van der Waals surface area contributed by atoms with E-state index < -0.39 is 4.92 Å². The van der Waals surface area contributed by atoms with E-state index >= 15 is 0 Å². The molecule has 4 aromatic rings. The van der Waals surface area contributed by atoms with E-state index in [1.165, 1.54) is 23.9 Å². The fourth-order valence-electron chi connectivity index (χ4n) is 2.92. The molecule has 0 aliphatic rings. The molecule has 4 rings (SSSR count). The summed E-state index contributed by atoms with van der Waals surface area (Å²) in [6, 6.07) is 12.0. The van der Waals surface area contributed by atoms with Crippen molar-refractivity contribution in [3.05, 3.63) is 69.6 Å². The maximum atomic E-state index is 10.8. The highest BCUT2D eigenvalue weighted by Crippen LogP contribution is 2.35. The Morgan fingerprint density at radius 1 is 0.900 bits per heavy atom. The molecule has 0 aliphatic carbocycles. The lowest BCUT2D eigenvalue weighted by Crippen LogP contribution is -1.88. The lowest BCUT2D eigenvalue weighted by molar-refractivity contribution is -0.384. The summed E-state index contributed by atoms with van der Waals surface area (Å²) in [7, 11) is 0. The predicted octanol–water partition coefficient (Wildman–Crippen LogP) is 5.16. The summed E-state index contributed by atoms with van der Waals surface area (Å²) in [5.74, 6) is 1.13. The molecule has 0 saturated heterocycles. The highest BCUT2D eigenvalue weighted by molar-refractivity contribution is 7.99. The number of aromatic nitrogens is 4. The Balaban J connectivity index is 1.48. The molecule has 0 aliphatic heterocycles. The smallest absolute Gasteiger partial charge is 0.277 e. The minimum absolute atomic E-state index is 0.00147. The quantitative estimate of drug-likeness (QED) is 0.235. The molecule has 0 fully saturated rings. The van der Waals surface area contributed by atoms with E-state index in [4.69, 9.17) is 8.83 Å². The number of thioether (sulfide) groups is 1. The normalized spacial score (nSPS) is 12.1. The van der Waals surface area contributed by atoms with E-state index in [9.17, 15) is 10.1 Å². The highest BCUT2D eigenvalue weighted by atomic mass is 32.2. The van der Waals surface area contributed by atoms with Crippen LogP contribution in [-0.2, 0) is 0 Å². The molecule has 9 nitrogen and oxygen atoms in total. The fraction of sp³-hybridized carbons (Fsp3) is 0.200. The summed E-state index contributed by atoms with van der Waals surface area (Å²) in [6.45, 7) is 5.92. The van der Waals surface area contributed by atoms with Gasteiger partial charge in [0.1, 0.15) is 0 Å². The number of nitrogens with zero attached hydrogens (tertiary/aromatic N) is 5. The zero-order valence-electron chi connectivity index (χ0n) is 16.4. The average molecular weight is 423 g/mol. The van der Waals surface area contributed by atoms with Crippen molar-refractivity contribution in [1.29, 1.82) is 0 Å². The van der Waals surface area contributed by atoms with Gasteiger partial charge >= 0.3 is 0 Å². The molecular weight excluding hydrogens is 406 g/mol. The SMILES string of the molecule is Cc1cc(C)cc(-c2nnc(S[C@H](C)c3nnc(-c4ccc([N+](=O)[O-])cc4)o3)o2)c1. The second-order valence-electron chi connectivity index (χ2n) is 6.76. The number of rotatable bonds is 6. The number of hydrogen-bond donors (Lipinski definition) is 0. The fourth-order valence-corrected chi connectivity index (χ4v) is 3.63. The Kier molecular flexibility index (Phi) is 5.32. The predicted molar refractivity (Wildman–Crippen MR) is 110 cm³/mol. The van der Waals surface area contributed by atoms with Crippen molar-refractivity contribution in [2.24, 2.45) is 0 Å². The summed E-state index contributed by atoms with van der Waals surface area (Å²) in [5.41, 5.74) is 3.72. The molecule has 10 heteroatoms. The van der Waals surface area contributed by atoms with Gasteiger partial charge in [-0.05, 0) is 45.0 Å².